The van der Waals surface area contributed by atoms with Crippen LogP contribution in [0.5, 0.6) is 0 Å². The Kier molecular flexibility index (Phi) is 5.08. The predicted octanol–water partition coefficient (Wildman–Crippen LogP) is 0.723. The highest BCUT2D eigenvalue weighted by Gasteiger charge is 2.46. The van der Waals surface area contributed by atoms with Gasteiger partial charge in [0.2, 0.25) is 0 Å². The first-order valence-corrected chi connectivity index (χ1v) is 9.91. The average Bonchev–Trinajstić information content (AvgIpc) is 2.81. The van der Waals surface area contributed by atoms with Crippen molar-refractivity contribution in [3.05, 3.63) is 35.4 Å². The number of hydrogen-bond donors (Lipinski definition) is 1. The van der Waals surface area contributed by atoms with Gasteiger partial charge < -0.3 is 5.11 Å². The van der Waals surface area contributed by atoms with Crippen LogP contribution in [0.3, 0.4) is 0 Å². The highest BCUT2D eigenvalue weighted by molar-refractivity contribution is 7.91. The second kappa shape index (κ2) is 6.97. The molecule has 2 fully saturated rings. The molecule has 138 valence electrons. The van der Waals surface area contributed by atoms with Gasteiger partial charge in [0.05, 0.1) is 17.9 Å². The summed E-state index contributed by atoms with van der Waals surface area (Å²) in [5.74, 6) is -2.27. The molecular formula is C16H20F2N2O4S. The lowest BCUT2D eigenvalue weighted by atomic mass is 10.0. The number of carboxylic acids is 1. The molecule has 9 heteroatoms. The van der Waals surface area contributed by atoms with Crippen LogP contribution < -0.4 is 0 Å². The Bertz CT molecular complexity index is 751. The highest BCUT2D eigenvalue weighted by Crippen LogP contribution is 2.28. The zero-order valence-corrected chi connectivity index (χ0v) is 14.4. The van der Waals surface area contributed by atoms with Crippen LogP contribution in [-0.4, -0.2) is 72.5 Å². The molecule has 2 aliphatic heterocycles. The molecule has 0 aromatic heterocycles. The van der Waals surface area contributed by atoms with E-state index < -0.39 is 27.4 Å². The van der Waals surface area contributed by atoms with E-state index in [-0.39, 0.29) is 36.6 Å². The molecule has 0 amide bonds. The van der Waals surface area contributed by atoms with Crippen LogP contribution in [0.4, 0.5) is 8.78 Å². The van der Waals surface area contributed by atoms with Crippen molar-refractivity contribution in [2.45, 2.75) is 25.0 Å². The first-order chi connectivity index (χ1) is 11.7. The molecule has 1 aromatic carbocycles. The maximum absolute atomic E-state index is 13.4. The minimum absolute atomic E-state index is 0.00863. The maximum atomic E-state index is 13.4. The second-order valence-corrected chi connectivity index (χ2v) is 8.79. The van der Waals surface area contributed by atoms with Crippen molar-refractivity contribution in [1.29, 1.82) is 0 Å². The van der Waals surface area contributed by atoms with Crippen molar-refractivity contribution in [1.82, 2.24) is 9.80 Å². The van der Waals surface area contributed by atoms with Gasteiger partial charge >= 0.3 is 5.97 Å². The lowest BCUT2D eigenvalue weighted by molar-refractivity contribution is -0.137. The van der Waals surface area contributed by atoms with Gasteiger partial charge in [0.15, 0.2) is 9.84 Å². The first-order valence-electron chi connectivity index (χ1n) is 8.09. The first kappa shape index (κ1) is 18.2. The SMILES string of the molecule is O=C(O)CCN1CCN(Cc2cc(F)cc(F)c2)[C@@H]2CS(=O)(=O)C[C@@H]21. The van der Waals surface area contributed by atoms with Gasteiger partial charge in [-0.3, -0.25) is 14.6 Å². The summed E-state index contributed by atoms with van der Waals surface area (Å²) in [6.07, 6.45) is -0.0433. The van der Waals surface area contributed by atoms with Gasteiger partial charge in [-0.1, -0.05) is 0 Å². The third kappa shape index (κ3) is 4.34. The summed E-state index contributed by atoms with van der Waals surface area (Å²) >= 11 is 0. The van der Waals surface area contributed by atoms with E-state index in [0.717, 1.165) is 6.07 Å². The van der Waals surface area contributed by atoms with E-state index in [0.29, 0.717) is 25.2 Å². The second-order valence-electron chi connectivity index (χ2n) is 6.64. The van der Waals surface area contributed by atoms with Gasteiger partial charge in [-0.05, 0) is 17.7 Å². The molecule has 0 unspecified atom stereocenters. The van der Waals surface area contributed by atoms with E-state index in [4.69, 9.17) is 5.11 Å². The number of benzene rings is 1. The Morgan fingerprint density at radius 1 is 1.08 bits per heavy atom. The fourth-order valence-corrected chi connectivity index (χ4v) is 5.79. The number of rotatable bonds is 5. The minimum atomic E-state index is -3.22. The van der Waals surface area contributed by atoms with Crippen LogP contribution in [0.1, 0.15) is 12.0 Å². The van der Waals surface area contributed by atoms with Crippen LogP contribution in [0.25, 0.3) is 0 Å². The number of fused-ring (bicyclic) bond motifs is 1. The number of hydrogen-bond acceptors (Lipinski definition) is 5. The van der Waals surface area contributed by atoms with Gasteiger partial charge in [0.25, 0.3) is 0 Å². The molecule has 2 heterocycles. The summed E-state index contributed by atoms with van der Waals surface area (Å²) in [7, 11) is -3.22. The van der Waals surface area contributed by atoms with Crippen LogP contribution >= 0.6 is 0 Å². The minimum Gasteiger partial charge on any atom is -0.481 e. The summed E-state index contributed by atoms with van der Waals surface area (Å²) in [5, 5.41) is 8.86. The highest BCUT2D eigenvalue weighted by atomic mass is 32.2. The Balaban J connectivity index is 1.77. The quantitative estimate of drug-likeness (QED) is 0.819. The smallest absolute Gasteiger partial charge is 0.304 e. The molecule has 1 N–H and O–H groups in total. The molecule has 3 rings (SSSR count). The Hall–Kier alpha value is -1.58. The molecule has 25 heavy (non-hydrogen) atoms. The number of halogens is 2. The Morgan fingerprint density at radius 3 is 2.24 bits per heavy atom. The van der Waals surface area contributed by atoms with Crippen molar-refractivity contribution in [3.63, 3.8) is 0 Å². The van der Waals surface area contributed by atoms with Crippen molar-refractivity contribution >= 4 is 15.8 Å². The van der Waals surface area contributed by atoms with Gasteiger partial charge in [-0.25, -0.2) is 17.2 Å². The van der Waals surface area contributed by atoms with Crippen LogP contribution in [0.15, 0.2) is 18.2 Å². The number of carbonyl (C=O) groups is 1. The largest absolute Gasteiger partial charge is 0.481 e. The zero-order valence-electron chi connectivity index (χ0n) is 13.6. The summed E-state index contributed by atoms with van der Waals surface area (Å²) in [5.41, 5.74) is 0.458. The van der Waals surface area contributed by atoms with E-state index in [2.05, 4.69) is 0 Å². The number of piperazine rings is 1. The van der Waals surface area contributed by atoms with Gasteiger partial charge in [-0.2, -0.15) is 0 Å². The van der Waals surface area contributed by atoms with E-state index in [1.54, 1.807) is 0 Å². The van der Waals surface area contributed by atoms with E-state index in [9.17, 15) is 22.0 Å². The van der Waals surface area contributed by atoms with E-state index in [1.165, 1.54) is 12.1 Å². The van der Waals surface area contributed by atoms with Crippen LogP contribution in [0, 0.1) is 11.6 Å². The zero-order chi connectivity index (χ0) is 18.2. The van der Waals surface area contributed by atoms with Crippen LogP contribution in [-0.2, 0) is 21.2 Å². The predicted molar refractivity (Wildman–Crippen MR) is 86.8 cm³/mol. The maximum Gasteiger partial charge on any atom is 0.304 e. The number of nitrogens with zero attached hydrogens (tertiary/aromatic N) is 2. The monoisotopic (exact) mass is 374 g/mol. The average molecular weight is 374 g/mol. The topological polar surface area (TPSA) is 77.9 Å². The van der Waals surface area contributed by atoms with E-state index in [1.807, 2.05) is 9.80 Å². The molecule has 0 bridgehead atoms. The third-order valence-corrected chi connectivity index (χ3v) is 6.53. The van der Waals surface area contributed by atoms with Gasteiger partial charge in [0.1, 0.15) is 11.6 Å². The fourth-order valence-electron chi connectivity index (χ4n) is 3.75. The van der Waals surface area contributed by atoms with Gasteiger partial charge in [0, 0.05) is 44.3 Å². The molecule has 0 saturated carbocycles. The molecule has 2 saturated heterocycles. The normalized spacial score (nSPS) is 26.5. The van der Waals surface area contributed by atoms with Crippen molar-refractivity contribution in [2.75, 3.05) is 31.1 Å². The number of carboxylic acid groups (broad SMARTS) is 1. The van der Waals surface area contributed by atoms with Crippen molar-refractivity contribution < 1.29 is 27.1 Å². The van der Waals surface area contributed by atoms with Crippen molar-refractivity contribution in [2.24, 2.45) is 0 Å². The lowest BCUT2D eigenvalue weighted by Crippen LogP contribution is -2.58. The standard InChI is InChI=1S/C16H20F2N2O4S/c17-12-5-11(6-13(18)7-12)8-20-4-3-19(2-1-16(21)22)14-9-25(23,24)10-15(14)20/h5-7,14-15H,1-4,8-10H2,(H,21,22)/t14-,15+/m0/s1. The molecule has 6 nitrogen and oxygen atoms in total. The van der Waals surface area contributed by atoms with Crippen LogP contribution in [0.2, 0.25) is 0 Å². The summed E-state index contributed by atoms with van der Waals surface area (Å²) < 4.78 is 51.0. The molecule has 0 spiro atoms. The molecular weight excluding hydrogens is 354 g/mol. The van der Waals surface area contributed by atoms with Crippen molar-refractivity contribution in [3.8, 4) is 0 Å². The van der Waals surface area contributed by atoms with E-state index >= 15 is 0 Å². The summed E-state index contributed by atoms with van der Waals surface area (Å²) in [6.45, 7) is 1.61. The van der Waals surface area contributed by atoms with Gasteiger partial charge in [-0.15, -0.1) is 0 Å². The molecule has 0 aliphatic carbocycles. The third-order valence-electron chi connectivity index (χ3n) is 4.83. The Morgan fingerprint density at radius 2 is 1.64 bits per heavy atom. The summed E-state index contributed by atoms with van der Waals surface area (Å²) in [6, 6.07) is 2.72. The molecule has 2 atom stereocenters. The molecule has 2 aliphatic rings. The summed E-state index contributed by atoms with van der Waals surface area (Å²) in [4.78, 5) is 14.6. The lowest BCUT2D eigenvalue weighted by Gasteiger charge is -2.43. The Labute approximate surface area is 145 Å². The molecule has 0 radical (unpaired) electrons. The number of aliphatic carboxylic acids is 1. The molecule has 1 aromatic rings. The number of sulfone groups is 1. The fraction of sp³-hybridized carbons (Fsp3) is 0.562.